The van der Waals surface area contributed by atoms with E-state index in [9.17, 15) is 10.1 Å². The molecule has 1 heterocycles. The molecule has 0 unspecified atom stereocenters. The van der Waals surface area contributed by atoms with E-state index in [4.69, 9.17) is 4.74 Å². The van der Waals surface area contributed by atoms with E-state index in [0.29, 0.717) is 18.7 Å². The molecule has 0 aliphatic carbocycles. The summed E-state index contributed by atoms with van der Waals surface area (Å²) in [6.07, 6.45) is 1.85. The summed E-state index contributed by atoms with van der Waals surface area (Å²) in [7, 11) is 1.86. The Morgan fingerprint density at radius 1 is 1.43 bits per heavy atom. The van der Waals surface area contributed by atoms with Crippen molar-refractivity contribution in [2.24, 2.45) is 0 Å². The minimum absolute atomic E-state index is 0.235. The number of carbonyl (C=O) groups excluding carboxylic acids is 1. The van der Waals surface area contributed by atoms with Crippen LogP contribution in [-0.4, -0.2) is 31.2 Å². The lowest BCUT2D eigenvalue weighted by molar-refractivity contribution is -0.142. The third kappa shape index (κ3) is 3.29. The molecule has 0 spiro atoms. The molecule has 0 saturated carbocycles. The third-order valence-electron chi connectivity index (χ3n) is 3.21. The number of nitrogens with zero attached hydrogens (tertiary/aromatic N) is 3. The number of aromatic nitrogens is 1. The molecule has 0 amide bonds. The van der Waals surface area contributed by atoms with Crippen molar-refractivity contribution in [2.75, 3.05) is 25.1 Å². The van der Waals surface area contributed by atoms with Crippen LogP contribution in [0.3, 0.4) is 0 Å². The lowest BCUT2D eigenvalue weighted by Crippen LogP contribution is -2.23. The van der Waals surface area contributed by atoms with Gasteiger partial charge >= 0.3 is 5.97 Å². The van der Waals surface area contributed by atoms with Crippen molar-refractivity contribution in [1.29, 1.82) is 5.26 Å². The van der Waals surface area contributed by atoms with E-state index in [0.717, 1.165) is 16.6 Å². The SMILES string of the molecule is CCOC(=O)CCN(C)c1c(C#N)cnc2ccccc12. The van der Waals surface area contributed by atoms with Gasteiger partial charge in [-0.3, -0.25) is 9.78 Å². The van der Waals surface area contributed by atoms with Crippen LogP contribution in [0.15, 0.2) is 30.5 Å². The topological polar surface area (TPSA) is 66.2 Å². The van der Waals surface area contributed by atoms with Crippen LogP contribution in [0.2, 0.25) is 0 Å². The molecular weight excluding hydrogens is 266 g/mol. The minimum atomic E-state index is -0.235. The number of anilines is 1. The number of hydrogen-bond acceptors (Lipinski definition) is 5. The molecule has 5 heteroatoms. The normalized spacial score (nSPS) is 10.1. The lowest BCUT2D eigenvalue weighted by atomic mass is 10.1. The fourth-order valence-electron chi connectivity index (χ4n) is 2.22. The van der Waals surface area contributed by atoms with Gasteiger partial charge in [-0.2, -0.15) is 5.26 Å². The van der Waals surface area contributed by atoms with Crippen molar-refractivity contribution in [1.82, 2.24) is 4.98 Å². The van der Waals surface area contributed by atoms with Crippen molar-refractivity contribution in [3.8, 4) is 6.07 Å². The summed E-state index contributed by atoms with van der Waals surface area (Å²) >= 11 is 0. The lowest BCUT2D eigenvalue weighted by Gasteiger charge is -2.21. The van der Waals surface area contributed by atoms with E-state index in [1.165, 1.54) is 0 Å². The molecule has 0 atom stereocenters. The van der Waals surface area contributed by atoms with Gasteiger partial charge in [-0.25, -0.2) is 0 Å². The van der Waals surface area contributed by atoms with Crippen molar-refractivity contribution in [2.45, 2.75) is 13.3 Å². The van der Waals surface area contributed by atoms with Crippen LogP contribution in [0, 0.1) is 11.3 Å². The molecule has 1 aromatic carbocycles. The second-order valence-electron chi connectivity index (χ2n) is 4.63. The third-order valence-corrected chi connectivity index (χ3v) is 3.21. The minimum Gasteiger partial charge on any atom is -0.466 e. The maximum Gasteiger partial charge on any atom is 0.307 e. The molecule has 0 aliphatic heterocycles. The highest BCUT2D eigenvalue weighted by atomic mass is 16.5. The Kier molecular flexibility index (Phi) is 4.72. The van der Waals surface area contributed by atoms with Crippen LogP contribution in [0.5, 0.6) is 0 Å². The zero-order chi connectivity index (χ0) is 15.2. The number of hydrogen-bond donors (Lipinski definition) is 0. The molecule has 2 aromatic rings. The second kappa shape index (κ2) is 6.71. The first-order valence-corrected chi connectivity index (χ1v) is 6.82. The van der Waals surface area contributed by atoms with Gasteiger partial charge in [0, 0.05) is 25.2 Å². The molecule has 5 nitrogen and oxygen atoms in total. The molecule has 0 N–H and O–H groups in total. The van der Waals surface area contributed by atoms with Gasteiger partial charge in [0.1, 0.15) is 6.07 Å². The number of pyridine rings is 1. The molecule has 108 valence electrons. The summed E-state index contributed by atoms with van der Waals surface area (Å²) in [5, 5.41) is 10.2. The summed E-state index contributed by atoms with van der Waals surface area (Å²) in [5.74, 6) is -0.235. The van der Waals surface area contributed by atoms with Crippen LogP contribution in [-0.2, 0) is 9.53 Å². The predicted molar refractivity (Wildman–Crippen MR) is 81.0 cm³/mol. The highest BCUT2D eigenvalue weighted by molar-refractivity contribution is 5.94. The van der Waals surface area contributed by atoms with Crippen molar-refractivity contribution >= 4 is 22.6 Å². The molecule has 2 rings (SSSR count). The molecule has 0 aliphatic rings. The van der Waals surface area contributed by atoms with E-state index < -0.39 is 0 Å². The van der Waals surface area contributed by atoms with Gasteiger partial charge in [0.15, 0.2) is 0 Å². The summed E-state index contributed by atoms with van der Waals surface area (Å²) in [6, 6.07) is 9.81. The van der Waals surface area contributed by atoms with Gasteiger partial charge in [0.05, 0.1) is 29.8 Å². The Hall–Kier alpha value is -2.61. The number of benzene rings is 1. The van der Waals surface area contributed by atoms with Crippen LogP contribution < -0.4 is 4.90 Å². The second-order valence-corrected chi connectivity index (χ2v) is 4.63. The summed E-state index contributed by atoms with van der Waals surface area (Å²) in [4.78, 5) is 17.7. The maximum atomic E-state index is 11.5. The number of nitriles is 1. The van der Waals surface area contributed by atoms with E-state index in [1.54, 1.807) is 13.1 Å². The van der Waals surface area contributed by atoms with Crippen LogP contribution in [0.1, 0.15) is 18.9 Å². The molecule has 0 fully saturated rings. The Labute approximate surface area is 123 Å². The fraction of sp³-hybridized carbons (Fsp3) is 0.312. The average Bonchev–Trinajstić information content (AvgIpc) is 2.51. The van der Waals surface area contributed by atoms with E-state index in [-0.39, 0.29) is 12.4 Å². The van der Waals surface area contributed by atoms with Gasteiger partial charge in [-0.15, -0.1) is 0 Å². The van der Waals surface area contributed by atoms with Crippen LogP contribution in [0.25, 0.3) is 10.9 Å². The van der Waals surface area contributed by atoms with Crippen molar-refractivity contribution < 1.29 is 9.53 Å². The standard InChI is InChI=1S/C16H17N3O2/c1-3-21-15(20)8-9-19(2)16-12(10-17)11-18-14-7-5-4-6-13(14)16/h4-7,11H,3,8-9H2,1-2H3. The van der Waals surface area contributed by atoms with E-state index in [1.807, 2.05) is 36.2 Å². The van der Waals surface area contributed by atoms with Crippen molar-refractivity contribution in [3.63, 3.8) is 0 Å². The Morgan fingerprint density at radius 2 is 2.19 bits per heavy atom. The highest BCUT2D eigenvalue weighted by Crippen LogP contribution is 2.28. The quantitative estimate of drug-likeness (QED) is 0.789. The maximum absolute atomic E-state index is 11.5. The zero-order valence-electron chi connectivity index (χ0n) is 12.2. The monoisotopic (exact) mass is 283 g/mol. The van der Waals surface area contributed by atoms with Gasteiger partial charge < -0.3 is 9.64 Å². The summed E-state index contributed by atoms with van der Waals surface area (Å²) in [5.41, 5.74) is 2.13. The molecule has 0 bridgehead atoms. The smallest absolute Gasteiger partial charge is 0.307 e. The first-order chi connectivity index (χ1) is 10.2. The molecule has 0 radical (unpaired) electrons. The van der Waals surface area contributed by atoms with Gasteiger partial charge in [-0.05, 0) is 13.0 Å². The summed E-state index contributed by atoms with van der Waals surface area (Å²) in [6.45, 7) is 2.65. The molecule has 21 heavy (non-hydrogen) atoms. The predicted octanol–water partition coefficient (Wildman–Crippen LogP) is 2.50. The Morgan fingerprint density at radius 3 is 2.90 bits per heavy atom. The van der Waals surface area contributed by atoms with E-state index >= 15 is 0 Å². The summed E-state index contributed by atoms with van der Waals surface area (Å²) < 4.78 is 4.93. The number of ether oxygens (including phenoxy) is 1. The number of esters is 1. The number of fused-ring (bicyclic) bond motifs is 1. The zero-order valence-corrected chi connectivity index (χ0v) is 12.2. The highest BCUT2D eigenvalue weighted by Gasteiger charge is 2.14. The molecule has 1 aromatic heterocycles. The Bertz CT molecular complexity index is 691. The number of para-hydroxylation sites is 1. The fourth-order valence-corrected chi connectivity index (χ4v) is 2.22. The molecule has 0 saturated heterocycles. The van der Waals surface area contributed by atoms with Crippen LogP contribution >= 0.6 is 0 Å². The first kappa shape index (κ1) is 14.8. The van der Waals surface area contributed by atoms with Gasteiger partial charge in [0.2, 0.25) is 0 Å². The molecular formula is C16H17N3O2. The first-order valence-electron chi connectivity index (χ1n) is 6.82. The average molecular weight is 283 g/mol. The van der Waals surface area contributed by atoms with E-state index in [2.05, 4.69) is 11.1 Å². The number of rotatable bonds is 5. The van der Waals surface area contributed by atoms with Crippen LogP contribution in [0.4, 0.5) is 5.69 Å². The van der Waals surface area contributed by atoms with Gasteiger partial charge in [-0.1, -0.05) is 18.2 Å². The Balaban J connectivity index is 2.31. The number of carbonyl (C=O) groups is 1. The largest absolute Gasteiger partial charge is 0.466 e. The van der Waals surface area contributed by atoms with Crippen molar-refractivity contribution in [3.05, 3.63) is 36.0 Å². The van der Waals surface area contributed by atoms with Gasteiger partial charge in [0.25, 0.3) is 0 Å².